The SMILES string of the molecule is CCC(/C=C1\Oc2ccc(C(F)(F)F)cc2N1CCCS(=O)(=O)[O-])=C\c1sc2ccc3occc3c2[n+]1CCCS(=O)(=O)[O-]. The van der Waals surface area contributed by atoms with E-state index in [9.17, 15) is 39.1 Å². The maximum absolute atomic E-state index is 13.5. The van der Waals surface area contributed by atoms with Gasteiger partial charge in [0.05, 0.1) is 43.1 Å². The fourth-order valence-electron chi connectivity index (χ4n) is 4.95. The smallest absolute Gasteiger partial charge is 0.416 e. The van der Waals surface area contributed by atoms with Crippen molar-refractivity contribution in [1.29, 1.82) is 0 Å². The fraction of sp³-hybridized carbons (Fsp3) is 0.321. The average molecular weight is 672 g/mol. The molecule has 0 fully saturated rings. The molecular weight excluding hydrogens is 646 g/mol. The Morgan fingerprint density at radius 1 is 1.05 bits per heavy atom. The van der Waals surface area contributed by atoms with Gasteiger partial charge >= 0.3 is 6.18 Å². The highest BCUT2D eigenvalue weighted by Gasteiger charge is 2.35. The molecule has 236 valence electrons. The second-order valence-corrected chi connectivity index (χ2v) is 14.2. The maximum Gasteiger partial charge on any atom is 0.416 e. The minimum Gasteiger partial charge on any atom is -0.748 e. The Balaban J connectivity index is 1.56. The van der Waals surface area contributed by atoms with Crippen LogP contribution in [0.15, 0.2) is 64.6 Å². The first-order chi connectivity index (χ1) is 20.6. The summed E-state index contributed by atoms with van der Waals surface area (Å²) in [6.07, 6.45) is 0.748. The second kappa shape index (κ2) is 12.2. The Morgan fingerprint density at radius 3 is 2.45 bits per heavy atom. The van der Waals surface area contributed by atoms with Gasteiger partial charge in [0.2, 0.25) is 11.4 Å². The highest BCUT2D eigenvalue weighted by molar-refractivity contribution is 7.85. The van der Waals surface area contributed by atoms with Gasteiger partial charge in [-0.05, 0) is 54.8 Å². The number of benzene rings is 2. The van der Waals surface area contributed by atoms with Crippen molar-refractivity contribution in [2.75, 3.05) is 23.0 Å². The molecule has 3 heterocycles. The molecule has 0 saturated heterocycles. The van der Waals surface area contributed by atoms with Gasteiger partial charge in [-0.2, -0.15) is 17.7 Å². The lowest BCUT2D eigenvalue weighted by Crippen LogP contribution is -2.36. The summed E-state index contributed by atoms with van der Waals surface area (Å²) in [6.45, 7) is 1.98. The first-order valence-electron chi connectivity index (χ1n) is 13.4. The summed E-state index contributed by atoms with van der Waals surface area (Å²) in [6, 6.07) is 8.46. The summed E-state index contributed by atoms with van der Waals surface area (Å²) < 4.78 is 122. The van der Waals surface area contributed by atoms with Crippen LogP contribution in [0.5, 0.6) is 5.75 Å². The molecule has 10 nitrogen and oxygen atoms in total. The highest BCUT2D eigenvalue weighted by atomic mass is 32.2. The molecule has 0 radical (unpaired) electrons. The Bertz CT molecular complexity index is 1990. The van der Waals surface area contributed by atoms with Crippen LogP contribution in [-0.4, -0.2) is 44.0 Å². The van der Waals surface area contributed by atoms with Crippen molar-refractivity contribution in [2.45, 2.75) is 38.9 Å². The number of hydrogen-bond acceptors (Lipinski definition) is 10. The number of aryl methyl sites for hydroxylation is 1. The van der Waals surface area contributed by atoms with Crippen molar-refractivity contribution in [3.63, 3.8) is 0 Å². The van der Waals surface area contributed by atoms with E-state index in [1.165, 1.54) is 28.6 Å². The summed E-state index contributed by atoms with van der Waals surface area (Å²) in [5.41, 5.74) is 1.28. The molecule has 0 atom stereocenters. The zero-order valence-corrected chi connectivity index (χ0v) is 25.6. The first kappa shape index (κ1) is 32.0. The van der Waals surface area contributed by atoms with E-state index in [1.807, 2.05) is 29.7 Å². The van der Waals surface area contributed by atoms with Crippen molar-refractivity contribution < 1.29 is 52.8 Å². The van der Waals surface area contributed by atoms with Crippen LogP contribution >= 0.6 is 11.3 Å². The first-order valence-corrected chi connectivity index (χ1v) is 17.4. The summed E-state index contributed by atoms with van der Waals surface area (Å²) in [5.74, 6) is -0.960. The van der Waals surface area contributed by atoms with Crippen molar-refractivity contribution in [1.82, 2.24) is 0 Å². The predicted molar refractivity (Wildman–Crippen MR) is 156 cm³/mol. The molecule has 2 aromatic carbocycles. The van der Waals surface area contributed by atoms with Gasteiger partial charge in [0, 0.05) is 36.6 Å². The Labute approximate surface area is 255 Å². The third-order valence-electron chi connectivity index (χ3n) is 6.96. The Kier molecular flexibility index (Phi) is 8.83. The van der Waals surface area contributed by atoms with E-state index < -0.39 is 43.5 Å². The maximum atomic E-state index is 13.5. The lowest BCUT2D eigenvalue weighted by Gasteiger charge is -2.20. The number of aromatic nitrogens is 1. The number of rotatable bonds is 11. The molecule has 0 aliphatic carbocycles. The van der Waals surface area contributed by atoms with E-state index in [0.29, 0.717) is 22.6 Å². The van der Waals surface area contributed by atoms with Gasteiger partial charge in [-0.15, -0.1) is 0 Å². The van der Waals surface area contributed by atoms with Gasteiger partial charge in [0.1, 0.15) is 10.3 Å². The lowest BCUT2D eigenvalue weighted by atomic mass is 10.1. The standard InChI is InChI=1S/C28H27F3N2O8S3/c1-2-18(15-25-32(10-3-13-43(34,35)36)21-17-19(28(29,30)31)5-6-23(21)41-25)16-26-33(11-4-14-44(37,38)39)27-20-9-12-40-22(20)7-8-24(27)42-26/h5-9,12,15-17H,2-4,10-11,13-14H2,1H3,(H-,34,35,36,37,38,39)/p-1. The van der Waals surface area contributed by atoms with E-state index in [0.717, 1.165) is 27.7 Å². The Hall–Kier alpha value is -3.44. The molecule has 0 unspecified atom stereocenters. The average Bonchev–Trinajstić information content (AvgIpc) is 3.61. The number of alkyl halides is 3. The molecule has 16 heteroatoms. The summed E-state index contributed by atoms with van der Waals surface area (Å²) in [5, 5.41) is 1.51. The summed E-state index contributed by atoms with van der Waals surface area (Å²) in [4.78, 5) is 1.41. The minimum absolute atomic E-state index is 0.0658. The van der Waals surface area contributed by atoms with Gasteiger partial charge in [0.15, 0.2) is 12.3 Å². The molecule has 44 heavy (non-hydrogen) atoms. The Morgan fingerprint density at radius 2 is 1.77 bits per heavy atom. The summed E-state index contributed by atoms with van der Waals surface area (Å²) in [7, 11) is -8.98. The van der Waals surface area contributed by atoms with Gasteiger partial charge < -0.3 is 23.2 Å². The number of anilines is 1. The number of halogens is 3. The lowest BCUT2D eigenvalue weighted by molar-refractivity contribution is -0.667. The van der Waals surface area contributed by atoms with Crippen LogP contribution in [0.1, 0.15) is 36.8 Å². The zero-order chi connectivity index (χ0) is 31.9. The third kappa shape index (κ3) is 7.26. The second-order valence-electron chi connectivity index (χ2n) is 10.1. The van der Waals surface area contributed by atoms with Crippen LogP contribution < -0.4 is 14.2 Å². The number of furan rings is 1. The number of allylic oxidation sites excluding steroid dienone is 2. The van der Waals surface area contributed by atoms with Crippen LogP contribution in [0.3, 0.4) is 0 Å². The number of fused-ring (bicyclic) bond motifs is 4. The van der Waals surface area contributed by atoms with E-state index in [4.69, 9.17) is 9.15 Å². The molecule has 1 aliphatic rings. The molecule has 0 saturated carbocycles. The molecule has 0 bridgehead atoms. The van der Waals surface area contributed by atoms with Crippen molar-refractivity contribution >= 4 is 64.5 Å². The van der Waals surface area contributed by atoms with E-state index in [-0.39, 0.29) is 43.3 Å². The molecule has 0 N–H and O–H groups in total. The fourth-order valence-corrected chi connectivity index (χ4v) is 7.10. The molecule has 4 aromatic rings. The normalized spacial score (nSPS) is 15.5. The number of thiazole rings is 1. The van der Waals surface area contributed by atoms with Crippen molar-refractivity contribution in [3.05, 3.63) is 70.8 Å². The van der Waals surface area contributed by atoms with Crippen molar-refractivity contribution in [2.24, 2.45) is 0 Å². The van der Waals surface area contributed by atoms with Crippen LogP contribution in [-0.2, 0) is 33.0 Å². The third-order valence-corrected chi connectivity index (χ3v) is 9.63. The topological polar surface area (TPSA) is 144 Å². The van der Waals surface area contributed by atoms with Gasteiger partial charge in [-0.1, -0.05) is 18.3 Å². The van der Waals surface area contributed by atoms with E-state index >= 15 is 0 Å². The molecule has 5 rings (SSSR count). The van der Waals surface area contributed by atoms with Gasteiger partial charge in [-0.25, -0.2) is 16.8 Å². The minimum atomic E-state index is -4.62. The molecule has 1 aliphatic heterocycles. The van der Waals surface area contributed by atoms with Crippen LogP contribution in [0.4, 0.5) is 18.9 Å². The number of nitrogens with zero attached hydrogens (tertiary/aromatic N) is 2. The molecule has 0 amide bonds. The number of hydrogen-bond donors (Lipinski definition) is 0. The van der Waals surface area contributed by atoms with E-state index in [1.54, 1.807) is 12.1 Å². The molecule has 2 aromatic heterocycles. The summed E-state index contributed by atoms with van der Waals surface area (Å²) >= 11 is 1.42. The van der Waals surface area contributed by atoms with Crippen LogP contribution in [0.2, 0.25) is 0 Å². The van der Waals surface area contributed by atoms with Crippen molar-refractivity contribution in [3.8, 4) is 5.75 Å². The highest BCUT2D eigenvalue weighted by Crippen LogP contribution is 2.43. The molecular formula is C28H26F3N2O8S3-. The quantitative estimate of drug-likeness (QED) is 0.152. The van der Waals surface area contributed by atoms with E-state index in [2.05, 4.69) is 0 Å². The predicted octanol–water partition coefficient (Wildman–Crippen LogP) is 5.36. The zero-order valence-electron chi connectivity index (χ0n) is 23.2. The monoisotopic (exact) mass is 671 g/mol. The number of ether oxygens (including phenoxy) is 1. The van der Waals surface area contributed by atoms with Gasteiger partial charge in [-0.3, -0.25) is 0 Å². The molecule has 0 spiro atoms. The van der Waals surface area contributed by atoms with Crippen LogP contribution in [0, 0.1) is 0 Å². The largest absolute Gasteiger partial charge is 0.748 e. The van der Waals surface area contributed by atoms with Gasteiger partial charge in [0.25, 0.3) is 5.01 Å². The van der Waals surface area contributed by atoms with Crippen LogP contribution in [0.25, 0.3) is 27.3 Å².